The molecule has 0 radical (unpaired) electrons. The van der Waals surface area contributed by atoms with E-state index in [-0.39, 0.29) is 11.7 Å². The smallest absolute Gasteiger partial charge is 0.379 e. The van der Waals surface area contributed by atoms with Gasteiger partial charge in [0.05, 0.1) is 25.7 Å². The summed E-state index contributed by atoms with van der Waals surface area (Å²) >= 11 is 0. The maximum atomic E-state index is 13.4. The van der Waals surface area contributed by atoms with Crippen molar-refractivity contribution in [1.29, 1.82) is 0 Å². The largest absolute Gasteiger partial charge is 0.433 e. The van der Waals surface area contributed by atoms with Crippen LogP contribution in [0.2, 0.25) is 0 Å². The minimum Gasteiger partial charge on any atom is -0.379 e. The van der Waals surface area contributed by atoms with Crippen molar-refractivity contribution >= 4 is 11.7 Å². The molecule has 0 bridgehead atoms. The fraction of sp³-hybridized carbons (Fsp3) is 0.600. The van der Waals surface area contributed by atoms with Crippen LogP contribution in [0.5, 0.6) is 0 Å². The van der Waals surface area contributed by atoms with E-state index in [2.05, 4.69) is 19.9 Å². The predicted octanol–water partition coefficient (Wildman–Crippen LogP) is 2.52. The van der Waals surface area contributed by atoms with Gasteiger partial charge in [0.1, 0.15) is 23.5 Å². The Kier molecular flexibility index (Phi) is 6.24. The summed E-state index contributed by atoms with van der Waals surface area (Å²) < 4.78 is 46.4. The zero-order valence-corrected chi connectivity index (χ0v) is 17.3. The van der Waals surface area contributed by atoms with Crippen LogP contribution in [0.4, 0.5) is 19.0 Å². The number of halogens is 3. The first-order chi connectivity index (χ1) is 14.8. The molecule has 1 aliphatic carbocycles. The van der Waals surface area contributed by atoms with Gasteiger partial charge in [0.25, 0.3) is 5.91 Å². The zero-order chi connectivity index (χ0) is 22.0. The molecule has 2 aliphatic rings. The number of carbonyl (C=O) groups is 1. The van der Waals surface area contributed by atoms with Gasteiger partial charge in [-0.2, -0.15) is 13.2 Å². The predicted molar refractivity (Wildman–Crippen MR) is 105 cm³/mol. The van der Waals surface area contributed by atoms with E-state index in [1.165, 1.54) is 0 Å². The van der Waals surface area contributed by atoms with E-state index in [1.807, 2.05) is 0 Å². The van der Waals surface area contributed by atoms with Crippen LogP contribution in [-0.2, 0) is 18.0 Å². The molecule has 0 atom stereocenters. The Labute approximate surface area is 178 Å². The number of rotatable bonds is 4. The number of morpholine rings is 1. The normalized spacial score (nSPS) is 23.0. The zero-order valence-electron chi connectivity index (χ0n) is 17.3. The molecule has 4 rings (SSSR count). The monoisotopic (exact) mass is 438 g/mol. The van der Waals surface area contributed by atoms with E-state index in [0.29, 0.717) is 17.9 Å². The summed E-state index contributed by atoms with van der Waals surface area (Å²) in [5, 5.41) is 0. The lowest BCUT2D eigenvalue weighted by atomic mass is 9.88. The summed E-state index contributed by atoms with van der Waals surface area (Å²) in [5.41, 5.74) is -1.41. The van der Waals surface area contributed by atoms with Crippen LogP contribution >= 0.6 is 0 Å². The van der Waals surface area contributed by atoms with Crippen molar-refractivity contribution in [3.8, 4) is 0 Å². The second-order valence-electron chi connectivity index (χ2n) is 7.93. The van der Waals surface area contributed by atoms with Crippen molar-refractivity contribution in [1.82, 2.24) is 24.4 Å². The molecule has 31 heavy (non-hydrogen) atoms. The number of amides is 1. The third-order valence-electron chi connectivity index (χ3n) is 6.03. The van der Waals surface area contributed by atoms with Crippen molar-refractivity contribution in [2.45, 2.75) is 43.9 Å². The molecule has 168 valence electrons. The lowest BCUT2D eigenvalue weighted by Gasteiger charge is -2.41. The first kappa shape index (κ1) is 21.7. The fourth-order valence-corrected chi connectivity index (χ4v) is 4.42. The second-order valence-corrected chi connectivity index (χ2v) is 7.93. The van der Waals surface area contributed by atoms with Crippen molar-refractivity contribution in [3.05, 3.63) is 36.3 Å². The summed E-state index contributed by atoms with van der Waals surface area (Å²) in [6.07, 6.45) is 2.56. The molecule has 1 saturated carbocycles. The molecule has 0 unspecified atom stereocenters. The molecule has 1 amide bonds. The van der Waals surface area contributed by atoms with Crippen molar-refractivity contribution in [2.24, 2.45) is 7.05 Å². The molecule has 0 N–H and O–H groups in total. The lowest BCUT2D eigenvalue weighted by molar-refractivity contribution is -0.141. The number of hydrogen-bond donors (Lipinski definition) is 0. The van der Waals surface area contributed by atoms with Crippen LogP contribution in [0.1, 0.15) is 41.9 Å². The van der Waals surface area contributed by atoms with Crippen LogP contribution in [-0.4, -0.2) is 68.7 Å². The van der Waals surface area contributed by atoms with Gasteiger partial charge in [-0.25, -0.2) is 15.0 Å². The Bertz CT molecular complexity index is 904. The first-order valence-electron chi connectivity index (χ1n) is 10.4. The number of ether oxygens (including phenoxy) is 1. The van der Waals surface area contributed by atoms with Gasteiger partial charge in [0.15, 0.2) is 0 Å². The Morgan fingerprint density at radius 1 is 1.16 bits per heavy atom. The summed E-state index contributed by atoms with van der Waals surface area (Å²) in [7, 11) is 1.75. The Morgan fingerprint density at radius 2 is 1.87 bits per heavy atom. The van der Waals surface area contributed by atoms with Crippen molar-refractivity contribution in [3.63, 3.8) is 0 Å². The van der Waals surface area contributed by atoms with Gasteiger partial charge < -0.3 is 9.30 Å². The Hall–Kier alpha value is -2.53. The van der Waals surface area contributed by atoms with Crippen LogP contribution in [0.15, 0.2) is 24.9 Å². The molecule has 1 saturated heterocycles. The van der Waals surface area contributed by atoms with E-state index in [4.69, 9.17) is 4.74 Å². The summed E-state index contributed by atoms with van der Waals surface area (Å²) in [6, 6.07) is 0.995. The number of alkyl halides is 3. The van der Waals surface area contributed by atoms with E-state index in [9.17, 15) is 18.0 Å². The van der Waals surface area contributed by atoms with E-state index < -0.39 is 17.8 Å². The molecule has 2 aromatic heterocycles. The standard InChI is InChI=1S/C20H25F3N6O2/c1-27-13-24-11-18(27)29(19(30)16-10-17(20(21,22)23)26-12-25-16)15-4-2-14(3-5-15)28-6-8-31-9-7-28/h10-15H,2-9H2,1H3. The molecule has 11 heteroatoms. The van der Waals surface area contributed by atoms with Gasteiger partial charge in [-0.15, -0.1) is 0 Å². The maximum Gasteiger partial charge on any atom is 0.433 e. The number of imidazole rings is 1. The first-order valence-corrected chi connectivity index (χ1v) is 10.4. The lowest BCUT2D eigenvalue weighted by Crippen LogP contribution is -2.49. The van der Waals surface area contributed by atoms with Gasteiger partial charge in [0, 0.05) is 38.3 Å². The highest BCUT2D eigenvalue weighted by Gasteiger charge is 2.37. The quantitative estimate of drug-likeness (QED) is 0.730. The average Bonchev–Trinajstić information content (AvgIpc) is 3.20. The molecule has 8 nitrogen and oxygen atoms in total. The minimum absolute atomic E-state index is 0.149. The third kappa shape index (κ3) is 4.72. The highest BCUT2D eigenvalue weighted by atomic mass is 19.4. The van der Waals surface area contributed by atoms with Gasteiger partial charge in [0.2, 0.25) is 0 Å². The molecule has 1 aliphatic heterocycles. The molecule has 3 heterocycles. The molecule has 2 aromatic rings. The van der Waals surface area contributed by atoms with Gasteiger partial charge in [-0.05, 0) is 25.7 Å². The van der Waals surface area contributed by atoms with Crippen LogP contribution in [0, 0.1) is 0 Å². The van der Waals surface area contributed by atoms with Crippen LogP contribution in [0.3, 0.4) is 0 Å². The van der Waals surface area contributed by atoms with E-state index >= 15 is 0 Å². The Morgan fingerprint density at radius 3 is 2.48 bits per heavy atom. The summed E-state index contributed by atoms with van der Waals surface area (Å²) in [5.74, 6) is -0.0432. The molecule has 0 spiro atoms. The molecular weight excluding hydrogens is 413 g/mol. The van der Waals surface area contributed by atoms with Crippen molar-refractivity contribution < 1.29 is 22.7 Å². The number of aromatic nitrogens is 4. The van der Waals surface area contributed by atoms with E-state index in [0.717, 1.165) is 58.3 Å². The van der Waals surface area contributed by atoms with Gasteiger partial charge in [-0.3, -0.25) is 14.6 Å². The van der Waals surface area contributed by atoms with Crippen LogP contribution in [0.25, 0.3) is 0 Å². The fourth-order valence-electron chi connectivity index (χ4n) is 4.42. The van der Waals surface area contributed by atoms with E-state index in [1.54, 1.807) is 29.0 Å². The number of anilines is 1. The van der Waals surface area contributed by atoms with Crippen LogP contribution < -0.4 is 4.90 Å². The number of hydrogen-bond acceptors (Lipinski definition) is 6. The van der Waals surface area contributed by atoms with Gasteiger partial charge in [-0.1, -0.05) is 0 Å². The number of nitrogens with zero attached hydrogens (tertiary/aromatic N) is 6. The summed E-state index contributed by atoms with van der Waals surface area (Å²) in [4.78, 5) is 28.5. The summed E-state index contributed by atoms with van der Waals surface area (Å²) in [6.45, 7) is 3.27. The molecular formula is C20H25F3N6O2. The maximum absolute atomic E-state index is 13.4. The van der Waals surface area contributed by atoms with Gasteiger partial charge >= 0.3 is 6.18 Å². The Balaban J connectivity index is 1.56. The average molecular weight is 438 g/mol. The number of aryl methyl sites for hydroxylation is 1. The third-order valence-corrected chi connectivity index (χ3v) is 6.03. The number of carbonyl (C=O) groups excluding carboxylic acids is 1. The molecule has 2 fully saturated rings. The topological polar surface area (TPSA) is 76.4 Å². The second kappa shape index (κ2) is 8.91. The highest BCUT2D eigenvalue weighted by molar-refractivity contribution is 6.04. The SMILES string of the molecule is Cn1cncc1N(C(=O)c1cc(C(F)(F)F)ncn1)C1CCC(N2CCOCC2)CC1. The molecule has 0 aromatic carbocycles. The minimum atomic E-state index is -4.65. The van der Waals surface area contributed by atoms with Crippen molar-refractivity contribution in [2.75, 3.05) is 31.2 Å². The highest BCUT2D eigenvalue weighted by Crippen LogP contribution is 2.32.